The number of nitrogens with zero attached hydrogens (tertiary/aromatic N) is 1. The molecule has 0 aliphatic heterocycles. The average Bonchev–Trinajstić information content (AvgIpc) is 2.96. The van der Waals surface area contributed by atoms with Crippen LogP contribution in [-0.2, 0) is 0 Å². The fourth-order valence-corrected chi connectivity index (χ4v) is 3.00. The minimum atomic E-state index is -4.77. The lowest BCUT2D eigenvalue weighted by Crippen LogP contribution is -2.17. The summed E-state index contributed by atoms with van der Waals surface area (Å²) in [6, 6.07) is 10.0. The molecule has 0 saturated carbocycles. The van der Waals surface area contributed by atoms with Gasteiger partial charge in [-0.05, 0) is 36.4 Å². The summed E-state index contributed by atoms with van der Waals surface area (Å²) >= 11 is 1.26. The zero-order valence-electron chi connectivity index (χ0n) is 12.8. The minimum absolute atomic E-state index is 0.181. The lowest BCUT2D eigenvalue weighted by Gasteiger charge is -2.09. The Bertz CT molecular complexity index is 907. The van der Waals surface area contributed by atoms with Gasteiger partial charge >= 0.3 is 6.36 Å². The third kappa shape index (κ3) is 4.00. The first-order chi connectivity index (χ1) is 11.9. The molecule has 0 radical (unpaired) electrons. The molecule has 130 valence electrons. The number of nitrogens with one attached hydrogen (secondary N) is 1. The van der Waals surface area contributed by atoms with Crippen LogP contribution in [0.4, 0.5) is 18.3 Å². The van der Waals surface area contributed by atoms with Crippen LogP contribution in [0.15, 0.2) is 42.5 Å². The van der Waals surface area contributed by atoms with Gasteiger partial charge in [-0.15, -0.1) is 13.2 Å². The van der Waals surface area contributed by atoms with Gasteiger partial charge in [0.15, 0.2) is 5.13 Å². The Kier molecular flexibility index (Phi) is 4.49. The van der Waals surface area contributed by atoms with E-state index < -0.39 is 18.0 Å². The van der Waals surface area contributed by atoms with Gasteiger partial charge in [0.25, 0.3) is 5.91 Å². The zero-order valence-corrected chi connectivity index (χ0v) is 13.6. The maximum Gasteiger partial charge on any atom is 0.573 e. The van der Waals surface area contributed by atoms with Gasteiger partial charge in [0.1, 0.15) is 17.0 Å². The summed E-state index contributed by atoms with van der Waals surface area (Å²) in [5, 5.41) is 2.98. The lowest BCUT2D eigenvalue weighted by atomic mass is 10.2. The third-order valence-electron chi connectivity index (χ3n) is 3.17. The Hall–Kier alpha value is -2.81. The predicted octanol–water partition coefficient (Wildman–Crippen LogP) is 4.46. The lowest BCUT2D eigenvalue weighted by molar-refractivity contribution is -0.274. The maximum atomic E-state index is 12.2. The number of anilines is 1. The first kappa shape index (κ1) is 17.0. The molecule has 5 nitrogen and oxygen atoms in total. The second-order valence-electron chi connectivity index (χ2n) is 4.85. The average molecular weight is 368 g/mol. The van der Waals surface area contributed by atoms with E-state index in [2.05, 4.69) is 15.0 Å². The fourth-order valence-electron chi connectivity index (χ4n) is 2.12. The minimum Gasteiger partial charge on any atom is -0.494 e. The number of hydrogen-bond donors (Lipinski definition) is 1. The number of methoxy groups -OCH3 is 1. The standard InChI is InChI=1S/C16H11F3N2O3S/c1-23-11-3-2-4-12-13(11)20-15(25-12)21-14(22)9-5-7-10(8-6-9)24-16(17,18)19/h2-8H,1H3,(H,20,21,22). The molecule has 3 rings (SSSR count). The van der Waals surface area contributed by atoms with E-state index in [1.165, 1.54) is 30.6 Å². The zero-order chi connectivity index (χ0) is 18.0. The molecule has 1 N–H and O–H groups in total. The van der Waals surface area contributed by atoms with Crippen molar-refractivity contribution in [1.29, 1.82) is 0 Å². The van der Waals surface area contributed by atoms with Crippen molar-refractivity contribution in [3.8, 4) is 11.5 Å². The molecule has 3 aromatic rings. The van der Waals surface area contributed by atoms with E-state index in [4.69, 9.17) is 4.74 Å². The number of carbonyl (C=O) groups excluding carboxylic acids is 1. The maximum absolute atomic E-state index is 12.2. The highest BCUT2D eigenvalue weighted by molar-refractivity contribution is 7.22. The van der Waals surface area contributed by atoms with Crippen molar-refractivity contribution in [3.63, 3.8) is 0 Å². The van der Waals surface area contributed by atoms with E-state index in [9.17, 15) is 18.0 Å². The summed E-state index contributed by atoms with van der Waals surface area (Å²) < 4.78 is 46.2. The van der Waals surface area contributed by atoms with Crippen molar-refractivity contribution in [3.05, 3.63) is 48.0 Å². The first-order valence-electron chi connectivity index (χ1n) is 6.96. The molecule has 0 aliphatic rings. The van der Waals surface area contributed by atoms with Gasteiger partial charge in [0, 0.05) is 5.56 Å². The quantitative estimate of drug-likeness (QED) is 0.739. The van der Waals surface area contributed by atoms with Crippen molar-refractivity contribution in [2.24, 2.45) is 0 Å². The highest BCUT2D eigenvalue weighted by Gasteiger charge is 2.31. The Morgan fingerprint density at radius 3 is 2.52 bits per heavy atom. The van der Waals surface area contributed by atoms with Crippen molar-refractivity contribution >= 4 is 32.6 Å². The molecule has 9 heteroatoms. The van der Waals surface area contributed by atoms with Crippen LogP contribution in [-0.4, -0.2) is 24.4 Å². The molecule has 0 atom stereocenters. The number of aromatic nitrogens is 1. The number of fused-ring (bicyclic) bond motifs is 1. The predicted molar refractivity (Wildman–Crippen MR) is 87.3 cm³/mol. The number of thiazole rings is 1. The Morgan fingerprint density at radius 1 is 1.16 bits per heavy atom. The molecular weight excluding hydrogens is 357 g/mol. The summed E-state index contributed by atoms with van der Waals surface area (Å²) in [6.45, 7) is 0. The second-order valence-corrected chi connectivity index (χ2v) is 5.88. The van der Waals surface area contributed by atoms with Crippen LogP contribution in [0, 0.1) is 0 Å². The number of hydrogen-bond acceptors (Lipinski definition) is 5. The van der Waals surface area contributed by atoms with E-state index in [1.807, 2.05) is 12.1 Å². The van der Waals surface area contributed by atoms with E-state index >= 15 is 0 Å². The van der Waals surface area contributed by atoms with Crippen LogP contribution >= 0.6 is 11.3 Å². The van der Waals surface area contributed by atoms with Crippen molar-refractivity contribution in [1.82, 2.24) is 4.98 Å². The van der Waals surface area contributed by atoms with E-state index in [1.54, 1.807) is 6.07 Å². The Balaban J connectivity index is 1.76. The molecule has 0 saturated heterocycles. The number of halogens is 3. The van der Waals surface area contributed by atoms with E-state index in [-0.39, 0.29) is 5.56 Å². The SMILES string of the molecule is COc1cccc2sc(NC(=O)c3ccc(OC(F)(F)F)cc3)nc12. The molecule has 0 unspecified atom stereocenters. The van der Waals surface area contributed by atoms with Crippen molar-refractivity contribution < 1.29 is 27.4 Å². The number of alkyl halides is 3. The van der Waals surface area contributed by atoms with Gasteiger partial charge in [-0.3, -0.25) is 10.1 Å². The molecule has 2 aromatic carbocycles. The highest BCUT2D eigenvalue weighted by atomic mass is 32.1. The molecular formula is C16H11F3N2O3S. The van der Waals surface area contributed by atoms with Crippen LogP contribution in [0.5, 0.6) is 11.5 Å². The molecule has 1 aromatic heterocycles. The van der Waals surface area contributed by atoms with Crippen LogP contribution in [0.2, 0.25) is 0 Å². The van der Waals surface area contributed by atoms with Crippen LogP contribution in [0.3, 0.4) is 0 Å². The molecule has 25 heavy (non-hydrogen) atoms. The molecule has 0 spiro atoms. The van der Waals surface area contributed by atoms with Gasteiger partial charge in [-0.1, -0.05) is 17.4 Å². The molecule has 0 bridgehead atoms. The topological polar surface area (TPSA) is 60.5 Å². The normalized spacial score (nSPS) is 11.4. The van der Waals surface area contributed by atoms with Gasteiger partial charge < -0.3 is 9.47 Å². The van der Waals surface area contributed by atoms with Gasteiger partial charge in [-0.2, -0.15) is 0 Å². The number of para-hydroxylation sites is 1. The van der Waals surface area contributed by atoms with E-state index in [0.29, 0.717) is 16.4 Å². The molecule has 0 fully saturated rings. The first-order valence-corrected chi connectivity index (χ1v) is 7.78. The number of amides is 1. The highest BCUT2D eigenvalue weighted by Crippen LogP contribution is 2.32. The smallest absolute Gasteiger partial charge is 0.494 e. The van der Waals surface area contributed by atoms with Gasteiger partial charge in [0.2, 0.25) is 0 Å². The van der Waals surface area contributed by atoms with Crippen LogP contribution in [0.1, 0.15) is 10.4 Å². The number of carbonyl (C=O) groups is 1. The monoisotopic (exact) mass is 368 g/mol. The molecule has 1 heterocycles. The summed E-state index contributed by atoms with van der Waals surface area (Å²) in [5.41, 5.74) is 0.806. The molecule has 0 aliphatic carbocycles. The van der Waals surface area contributed by atoms with Crippen molar-refractivity contribution in [2.75, 3.05) is 12.4 Å². The Labute approximate surface area is 144 Å². The van der Waals surface area contributed by atoms with Gasteiger partial charge in [0.05, 0.1) is 11.8 Å². The largest absolute Gasteiger partial charge is 0.573 e. The summed E-state index contributed by atoms with van der Waals surface area (Å²) in [5.74, 6) is -0.298. The number of ether oxygens (including phenoxy) is 2. The molecule has 1 amide bonds. The second kappa shape index (κ2) is 6.60. The van der Waals surface area contributed by atoms with Crippen molar-refractivity contribution in [2.45, 2.75) is 6.36 Å². The third-order valence-corrected chi connectivity index (χ3v) is 4.11. The van der Waals surface area contributed by atoms with Crippen LogP contribution in [0.25, 0.3) is 10.2 Å². The van der Waals surface area contributed by atoms with E-state index in [0.717, 1.165) is 16.8 Å². The number of rotatable bonds is 4. The summed E-state index contributed by atoms with van der Waals surface area (Å²) in [4.78, 5) is 16.5. The summed E-state index contributed by atoms with van der Waals surface area (Å²) in [7, 11) is 1.52. The van der Waals surface area contributed by atoms with Gasteiger partial charge in [-0.25, -0.2) is 4.98 Å². The Morgan fingerprint density at radius 2 is 1.88 bits per heavy atom. The number of benzene rings is 2. The van der Waals surface area contributed by atoms with Crippen LogP contribution < -0.4 is 14.8 Å². The summed E-state index contributed by atoms with van der Waals surface area (Å²) in [6.07, 6.45) is -4.77. The fraction of sp³-hybridized carbons (Fsp3) is 0.125.